The van der Waals surface area contributed by atoms with Crippen LogP contribution < -0.4 is 0 Å². The van der Waals surface area contributed by atoms with E-state index in [4.69, 9.17) is 4.74 Å². The molecule has 3 atom stereocenters. The molecule has 1 fully saturated rings. The van der Waals surface area contributed by atoms with Crippen molar-refractivity contribution < 1.29 is 19.1 Å². The molecule has 0 aliphatic carbocycles. The molecule has 8 heteroatoms. The Bertz CT molecular complexity index is 373. The summed E-state index contributed by atoms with van der Waals surface area (Å²) in [6.45, 7) is 12.5. The molecular weight excluding hydrogens is 351 g/mol. The molecule has 0 aromatic carbocycles. The van der Waals surface area contributed by atoms with Crippen molar-refractivity contribution in [3.63, 3.8) is 0 Å². The molecule has 1 saturated heterocycles. The van der Waals surface area contributed by atoms with Gasteiger partial charge in [-0.25, -0.2) is 0 Å². The van der Waals surface area contributed by atoms with Gasteiger partial charge >= 0.3 is 7.60 Å². The molecule has 3 unspecified atom stereocenters. The molecule has 0 aromatic rings. The molecule has 0 amide bonds. The number of hydrogen-bond acceptors (Lipinski definition) is 2. The van der Waals surface area contributed by atoms with Crippen LogP contribution in [-0.2, 0) is 9.30 Å². The van der Waals surface area contributed by atoms with Gasteiger partial charge in [0.25, 0.3) is 0 Å². The Kier molecular flexibility index (Phi) is 4.54. The molecule has 0 saturated carbocycles. The van der Waals surface area contributed by atoms with Gasteiger partial charge in [0.1, 0.15) is 5.01 Å². The Labute approximate surface area is 120 Å². The van der Waals surface area contributed by atoms with Crippen molar-refractivity contribution in [3.05, 3.63) is 0 Å². The topological polar surface area (TPSA) is 66.8 Å². The molecule has 0 aromatic heterocycles. The lowest BCUT2D eigenvalue weighted by molar-refractivity contribution is 0.0874. The zero-order valence-corrected chi connectivity index (χ0v) is 16.4. The van der Waals surface area contributed by atoms with Crippen molar-refractivity contribution in [1.29, 1.82) is 0 Å². The second-order valence-electron chi connectivity index (χ2n) is 7.17. The fraction of sp³-hybridized carbons (Fsp3) is 1.00. The number of halogens is 1. The van der Waals surface area contributed by atoms with Gasteiger partial charge < -0.3 is 14.5 Å². The number of ether oxygens (including phenoxy) is 1. The second kappa shape index (κ2) is 4.79. The van der Waals surface area contributed by atoms with E-state index in [9.17, 15) is 14.4 Å². The van der Waals surface area contributed by atoms with E-state index in [0.717, 1.165) is 0 Å². The first-order valence-electron chi connectivity index (χ1n) is 6.11. The van der Waals surface area contributed by atoms with Crippen LogP contribution in [0, 0.1) is 0 Å². The molecule has 1 aliphatic rings. The van der Waals surface area contributed by atoms with Crippen LogP contribution in [0.5, 0.6) is 0 Å². The minimum absolute atomic E-state index is 0.0122. The zero-order valence-electron chi connectivity index (χ0n) is 11.9. The van der Waals surface area contributed by atoms with Crippen LogP contribution in [0.3, 0.4) is 0 Å². The molecular formula is C10H24BrO4PSi2. The molecule has 108 valence electrons. The van der Waals surface area contributed by atoms with Gasteiger partial charge in [0.2, 0.25) is 0 Å². The summed E-state index contributed by atoms with van der Waals surface area (Å²) in [5, 5.41) is -0.242. The van der Waals surface area contributed by atoms with Gasteiger partial charge in [0.05, 0.1) is 16.1 Å². The highest BCUT2D eigenvalue weighted by Gasteiger charge is 2.68. The summed E-state index contributed by atoms with van der Waals surface area (Å²) in [5.74, 6) is 0. The van der Waals surface area contributed by atoms with E-state index in [2.05, 4.69) is 35.6 Å². The fourth-order valence-electron chi connectivity index (χ4n) is 3.02. The normalized spacial score (nSPS) is 34.9. The van der Waals surface area contributed by atoms with Crippen LogP contribution in [0.1, 0.15) is 6.42 Å². The van der Waals surface area contributed by atoms with Crippen LogP contribution in [-0.4, -0.2) is 35.9 Å². The Balaban J connectivity index is 3.47. The molecule has 4 nitrogen and oxygen atoms in total. The maximum absolute atomic E-state index is 12.2. The Morgan fingerprint density at radius 3 is 1.89 bits per heavy atom. The molecule has 1 heterocycles. The quantitative estimate of drug-likeness (QED) is 0.450. The summed E-state index contributed by atoms with van der Waals surface area (Å²) in [6, 6.07) is 0. The smallest absolute Gasteiger partial charge is 0.352 e. The van der Waals surface area contributed by atoms with E-state index < -0.39 is 28.7 Å². The predicted molar refractivity (Wildman–Crippen MR) is 83.6 cm³/mol. The first-order valence-corrected chi connectivity index (χ1v) is 15.7. The van der Waals surface area contributed by atoms with E-state index in [1.807, 2.05) is 19.6 Å². The standard InChI is InChI=1S/C10H24BrO4PSi2/c1-17(2,3)8-7-9(11)15-10(8,16(12,13)14)18(4,5)6/h8-9H,7H2,1-6H3,(H2,12,13,14). The number of hydrogen-bond donors (Lipinski definition) is 2. The molecule has 0 bridgehead atoms. The van der Waals surface area contributed by atoms with E-state index in [-0.39, 0.29) is 10.6 Å². The molecule has 1 aliphatic heterocycles. The van der Waals surface area contributed by atoms with E-state index in [0.29, 0.717) is 6.42 Å². The van der Waals surface area contributed by atoms with Crippen LogP contribution in [0.2, 0.25) is 44.8 Å². The minimum atomic E-state index is -4.31. The van der Waals surface area contributed by atoms with Gasteiger partial charge in [-0.1, -0.05) is 55.2 Å². The SMILES string of the molecule is C[Si](C)(C)C1CC(Br)OC1([Si](C)(C)C)P(=O)(O)O. The van der Waals surface area contributed by atoms with Crippen molar-refractivity contribution in [2.75, 3.05) is 0 Å². The second-order valence-corrected chi connectivity index (χ2v) is 21.0. The monoisotopic (exact) mass is 374 g/mol. The van der Waals surface area contributed by atoms with Gasteiger partial charge in [-0.05, 0) is 12.0 Å². The number of rotatable bonds is 3. The minimum Gasteiger partial charge on any atom is -0.352 e. The summed E-state index contributed by atoms with van der Waals surface area (Å²) < 4.78 is 18.1. The van der Waals surface area contributed by atoms with E-state index in [1.54, 1.807) is 0 Å². The first-order chi connectivity index (χ1) is 7.73. The van der Waals surface area contributed by atoms with Crippen molar-refractivity contribution in [1.82, 2.24) is 0 Å². The predicted octanol–water partition coefficient (Wildman–Crippen LogP) is 3.59. The first kappa shape index (κ1) is 17.1. The van der Waals surface area contributed by atoms with Gasteiger partial charge in [-0.3, -0.25) is 4.57 Å². The third kappa shape index (κ3) is 2.73. The van der Waals surface area contributed by atoms with Crippen LogP contribution in [0.25, 0.3) is 0 Å². The van der Waals surface area contributed by atoms with Gasteiger partial charge in [0, 0.05) is 0 Å². The van der Waals surface area contributed by atoms with Crippen LogP contribution in [0.4, 0.5) is 0 Å². The third-order valence-corrected chi connectivity index (χ3v) is 14.4. The highest BCUT2D eigenvalue weighted by Crippen LogP contribution is 2.68. The summed E-state index contributed by atoms with van der Waals surface area (Å²) in [4.78, 5) is 18.7. The van der Waals surface area contributed by atoms with E-state index in [1.165, 1.54) is 0 Å². The molecule has 0 radical (unpaired) electrons. The fourth-order valence-corrected chi connectivity index (χ4v) is 16.7. The number of alkyl halides is 1. The summed E-state index contributed by atoms with van der Waals surface area (Å²) in [6.07, 6.45) is 0.700. The van der Waals surface area contributed by atoms with Crippen molar-refractivity contribution >= 4 is 39.7 Å². The Morgan fingerprint density at radius 2 is 1.67 bits per heavy atom. The summed E-state index contributed by atoms with van der Waals surface area (Å²) >= 11 is 3.41. The van der Waals surface area contributed by atoms with Crippen molar-refractivity contribution in [3.8, 4) is 0 Å². The third-order valence-electron chi connectivity index (χ3n) is 3.75. The lowest BCUT2D eigenvalue weighted by Crippen LogP contribution is -2.58. The van der Waals surface area contributed by atoms with Gasteiger partial charge in [0.15, 0.2) is 4.97 Å². The molecule has 0 spiro atoms. The van der Waals surface area contributed by atoms with E-state index >= 15 is 0 Å². The highest BCUT2D eigenvalue weighted by molar-refractivity contribution is 9.09. The summed E-state index contributed by atoms with van der Waals surface area (Å²) in [7, 11) is -8.25. The molecule has 1 rings (SSSR count). The van der Waals surface area contributed by atoms with Crippen LogP contribution in [0.15, 0.2) is 0 Å². The zero-order chi connectivity index (χ0) is 14.6. The van der Waals surface area contributed by atoms with Crippen molar-refractivity contribution in [2.24, 2.45) is 0 Å². The highest BCUT2D eigenvalue weighted by atomic mass is 79.9. The Hall–Kier alpha value is 1.02. The van der Waals surface area contributed by atoms with Gasteiger partial charge in [-0.2, -0.15) is 0 Å². The average Bonchev–Trinajstić information content (AvgIpc) is 2.40. The van der Waals surface area contributed by atoms with Gasteiger partial charge in [-0.15, -0.1) is 0 Å². The molecule has 2 N–H and O–H groups in total. The molecule has 18 heavy (non-hydrogen) atoms. The lowest BCUT2D eigenvalue weighted by Gasteiger charge is -2.47. The maximum atomic E-state index is 12.2. The van der Waals surface area contributed by atoms with Crippen LogP contribution >= 0.6 is 23.5 Å². The lowest BCUT2D eigenvalue weighted by atomic mass is 10.4. The largest absolute Gasteiger partial charge is 0.353 e. The Morgan fingerprint density at radius 1 is 1.22 bits per heavy atom. The average molecular weight is 375 g/mol. The summed E-state index contributed by atoms with van der Waals surface area (Å²) in [5.41, 5.74) is -0.0122. The maximum Gasteiger partial charge on any atom is 0.353 e. The van der Waals surface area contributed by atoms with Crippen molar-refractivity contribution in [2.45, 2.75) is 61.2 Å².